The van der Waals surface area contributed by atoms with Crippen LogP contribution in [0.5, 0.6) is 0 Å². The number of hydrogen-bond donors (Lipinski definition) is 1. The first-order chi connectivity index (χ1) is 7.90. The van der Waals surface area contributed by atoms with Gasteiger partial charge in [0, 0.05) is 24.7 Å². The second-order valence-corrected chi connectivity index (χ2v) is 6.30. The van der Waals surface area contributed by atoms with Crippen LogP contribution >= 0.6 is 0 Å². The zero-order valence-corrected chi connectivity index (χ0v) is 11.3. The molecule has 2 unspecified atom stereocenters. The standard InChI is InChI=1S/C13H24N2O2/c1-13(2,3)14-12(16)15-9-5-6-10(15)8-11(7-9)17-4/h9-11H,5-8H2,1-4H3,(H,14,16). The maximum absolute atomic E-state index is 12.2. The summed E-state index contributed by atoms with van der Waals surface area (Å²) in [5.41, 5.74) is -0.158. The molecule has 0 aromatic rings. The third kappa shape index (κ3) is 2.73. The Morgan fingerprint density at radius 2 is 1.76 bits per heavy atom. The molecular weight excluding hydrogens is 216 g/mol. The molecule has 98 valence electrons. The molecule has 0 aromatic carbocycles. The Bertz CT molecular complexity index is 284. The van der Waals surface area contributed by atoms with Gasteiger partial charge in [0.2, 0.25) is 0 Å². The van der Waals surface area contributed by atoms with Crippen LogP contribution in [0.2, 0.25) is 0 Å². The first-order valence-electron chi connectivity index (χ1n) is 6.54. The van der Waals surface area contributed by atoms with Crippen LogP contribution in [0.15, 0.2) is 0 Å². The third-order valence-electron chi connectivity index (χ3n) is 3.74. The molecule has 4 nitrogen and oxygen atoms in total. The number of methoxy groups -OCH3 is 1. The molecule has 2 fully saturated rings. The van der Waals surface area contributed by atoms with Gasteiger partial charge in [0.25, 0.3) is 0 Å². The van der Waals surface area contributed by atoms with Gasteiger partial charge in [0.05, 0.1) is 6.10 Å². The first-order valence-corrected chi connectivity index (χ1v) is 6.54. The van der Waals surface area contributed by atoms with E-state index in [2.05, 4.69) is 10.2 Å². The lowest BCUT2D eigenvalue weighted by molar-refractivity contribution is 0.0200. The van der Waals surface area contributed by atoms with E-state index in [9.17, 15) is 4.79 Å². The fourth-order valence-electron chi connectivity index (χ4n) is 3.04. The normalized spacial score (nSPS) is 32.7. The Kier molecular flexibility index (Phi) is 3.34. The van der Waals surface area contributed by atoms with E-state index in [0.717, 1.165) is 25.7 Å². The number of ether oxygens (including phenoxy) is 1. The van der Waals surface area contributed by atoms with Crippen molar-refractivity contribution in [1.82, 2.24) is 10.2 Å². The zero-order chi connectivity index (χ0) is 12.6. The van der Waals surface area contributed by atoms with Crippen LogP contribution in [0, 0.1) is 0 Å². The van der Waals surface area contributed by atoms with E-state index in [1.807, 2.05) is 20.8 Å². The Hall–Kier alpha value is -0.770. The second kappa shape index (κ2) is 4.48. The minimum absolute atomic E-state index is 0.0968. The topological polar surface area (TPSA) is 41.6 Å². The lowest BCUT2D eigenvalue weighted by Crippen LogP contribution is -2.55. The molecule has 2 aliphatic rings. The number of nitrogens with zero attached hydrogens (tertiary/aromatic N) is 1. The summed E-state index contributed by atoms with van der Waals surface area (Å²) in [7, 11) is 1.77. The van der Waals surface area contributed by atoms with E-state index in [-0.39, 0.29) is 11.6 Å². The number of nitrogens with one attached hydrogen (secondary N) is 1. The van der Waals surface area contributed by atoms with Crippen LogP contribution in [-0.2, 0) is 4.74 Å². The van der Waals surface area contributed by atoms with Crippen molar-refractivity contribution in [2.75, 3.05) is 7.11 Å². The van der Waals surface area contributed by atoms with Crippen molar-refractivity contribution in [3.63, 3.8) is 0 Å². The molecule has 1 N–H and O–H groups in total. The average Bonchev–Trinajstić information content (AvgIpc) is 2.47. The first kappa shape index (κ1) is 12.7. The minimum Gasteiger partial charge on any atom is -0.381 e. The fourth-order valence-corrected chi connectivity index (χ4v) is 3.04. The highest BCUT2D eigenvalue weighted by Crippen LogP contribution is 2.36. The number of fused-ring (bicyclic) bond motifs is 2. The quantitative estimate of drug-likeness (QED) is 0.763. The van der Waals surface area contributed by atoms with E-state index in [4.69, 9.17) is 4.74 Å². The van der Waals surface area contributed by atoms with Gasteiger partial charge in [-0.2, -0.15) is 0 Å². The summed E-state index contributed by atoms with van der Waals surface area (Å²) in [4.78, 5) is 14.3. The van der Waals surface area contributed by atoms with Crippen LogP contribution < -0.4 is 5.32 Å². The fraction of sp³-hybridized carbons (Fsp3) is 0.923. The Morgan fingerprint density at radius 1 is 1.24 bits per heavy atom. The molecule has 0 aromatic heterocycles. The van der Waals surface area contributed by atoms with Crippen molar-refractivity contribution in [2.45, 2.75) is 70.2 Å². The third-order valence-corrected chi connectivity index (χ3v) is 3.74. The van der Waals surface area contributed by atoms with Crippen LogP contribution in [0.1, 0.15) is 46.5 Å². The highest BCUT2D eigenvalue weighted by Gasteiger charge is 2.43. The van der Waals surface area contributed by atoms with Gasteiger partial charge in [0.1, 0.15) is 0 Å². The predicted octanol–water partition coefficient (Wildman–Crippen LogP) is 2.14. The summed E-state index contributed by atoms with van der Waals surface area (Å²) >= 11 is 0. The van der Waals surface area contributed by atoms with Gasteiger partial charge < -0.3 is 15.0 Å². The molecule has 17 heavy (non-hydrogen) atoms. The van der Waals surface area contributed by atoms with Gasteiger partial charge in [0.15, 0.2) is 0 Å². The van der Waals surface area contributed by atoms with Gasteiger partial charge in [-0.3, -0.25) is 0 Å². The molecule has 0 radical (unpaired) electrons. The lowest BCUT2D eigenvalue weighted by Gasteiger charge is -2.39. The summed E-state index contributed by atoms with van der Waals surface area (Å²) in [6, 6.07) is 0.849. The van der Waals surface area contributed by atoms with E-state index >= 15 is 0 Å². The molecule has 0 saturated carbocycles. The average molecular weight is 240 g/mol. The molecule has 2 aliphatic heterocycles. The maximum atomic E-state index is 12.2. The van der Waals surface area contributed by atoms with Crippen molar-refractivity contribution in [1.29, 1.82) is 0 Å². The second-order valence-electron chi connectivity index (χ2n) is 6.30. The van der Waals surface area contributed by atoms with Gasteiger partial charge in [-0.15, -0.1) is 0 Å². The minimum atomic E-state index is -0.158. The van der Waals surface area contributed by atoms with Crippen LogP contribution in [0.25, 0.3) is 0 Å². The van der Waals surface area contributed by atoms with Crippen LogP contribution in [0.4, 0.5) is 4.79 Å². The molecule has 2 atom stereocenters. The largest absolute Gasteiger partial charge is 0.381 e. The molecular formula is C13H24N2O2. The summed E-state index contributed by atoms with van der Waals surface area (Å²) in [5, 5.41) is 3.07. The molecule has 2 heterocycles. The van der Waals surface area contributed by atoms with Crippen molar-refractivity contribution in [3.8, 4) is 0 Å². The van der Waals surface area contributed by atoms with E-state index in [1.54, 1.807) is 7.11 Å². The van der Waals surface area contributed by atoms with E-state index in [1.165, 1.54) is 0 Å². The monoisotopic (exact) mass is 240 g/mol. The lowest BCUT2D eigenvalue weighted by atomic mass is 10.00. The highest BCUT2D eigenvalue weighted by atomic mass is 16.5. The number of hydrogen-bond acceptors (Lipinski definition) is 2. The van der Waals surface area contributed by atoms with E-state index in [0.29, 0.717) is 18.2 Å². The Balaban J connectivity index is 2.01. The number of carbonyl (C=O) groups is 1. The summed E-state index contributed by atoms with van der Waals surface area (Å²) in [5.74, 6) is 0. The molecule has 0 spiro atoms. The molecule has 2 amide bonds. The smallest absolute Gasteiger partial charge is 0.318 e. The van der Waals surface area contributed by atoms with Crippen molar-refractivity contribution < 1.29 is 9.53 Å². The van der Waals surface area contributed by atoms with E-state index < -0.39 is 0 Å². The number of piperidine rings is 1. The molecule has 2 rings (SSSR count). The number of rotatable bonds is 1. The number of amides is 2. The number of urea groups is 1. The number of carbonyl (C=O) groups excluding carboxylic acids is 1. The molecule has 4 heteroatoms. The van der Waals surface area contributed by atoms with Gasteiger partial charge in [-0.25, -0.2) is 4.79 Å². The zero-order valence-electron chi connectivity index (χ0n) is 11.3. The van der Waals surface area contributed by atoms with Gasteiger partial charge >= 0.3 is 6.03 Å². The van der Waals surface area contributed by atoms with Crippen molar-refractivity contribution in [3.05, 3.63) is 0 Å². The maximum Gasteiger partial charge on any atom is 0.318 e. The molecule has 2 bridgehead atoms. The summed E-state index contributed by atoms with van der Waals surface area (Å²) in [6.45, 7) is 6.07. The van der Waals surface area contributed by atoms with Crippen molar-refractivity contribution in [2.24, 2.45) is 0 Å². The van der Waals surface area contributed by atoms with Crippen LogP contribution in [-0.4, -0.2) is 41.8 Å². The highest BCUT2D eigenvalue weighted by molar-refractivity contribution is 5.76. The Labute approximate surface area is 104 Å². The summed E-state index contributed by atoms with van der Waals surface area (Å²) in [6.07, 6.45) is 4.57. The van der Waals surface area contributed by atoms with Gasteiger partial charge in [-0.05, 0) is 46.5 Å². The SMILES string of the molecule is COC1CC2CCC(C1)N2C(=O)NC(C)(C)C. The molecule has 2 saturated heterocycles. The van der Waals surface area contributed by atoms with Crippen LogP contribution in [0.3, 0.4) is 0 Å². The van der Waals surface area contributed by atoms with Gasteiger partial charge in [-0.1, -0.05) is 0 Å². The molecule has 0 aliphatic carbocycles. The summed E-state index contributed by atoms with van der Waals surface area (Å²) < 4.78 is 5.44. The Morgan fingerprint density at radius 3 is 2.18 bits per heavy atom. The predicted molar refractivity (Wildman–Crippen MR) is 67.0 cm³/mol. The van der Waals surface area contributed by atoms with Crippen molar-refractivity contribution >= 4 is 6.03 Å².